The van der Waals surface area contributed by atoms with Crippen LogP contribution in [-0.4, -0.2) is 71.5 Å². The second-order valence-electron chi connectivity index (χ2n) is 7.41. The molecule has 3 aromatic rings. The molecule has 1 aliphatic rings. The third kappa shape index (κ3) is 4.66. The number of nitrogens with zero attached hydrogens (tertiary/aromatic N) is 4. The monoisotopic (exact) mass is 485 g/mol. The molecule has 9 nitrogen and oxygen atoms in total. The van der Waals surface area contributed by atoms with Crippen molar-refractivity contribution in [3.8, 4) is 11.4 Å². The average Bonchev–Trinajstić information content (AvgIpc) is 3.18. The fourth-order valence-electron chi connectivity index (χ4n) is 3.46. The molecule has 176 valence electrons. The van der Waals surface area contributed by atoms with E-state index < -0.39 is 41.0 Å². The number of carbonyl (C=O) groups is 1. The summed E-state index contributed by atoms with van der Waals surface area (Å²) < 4.78 is 65.9. The highest BCUT2D eigenvalue weighted by atomic mass is 32.2. The summed E-state index contributed by atoms with van der Waals surface area (Å²) in [5, 5.41) is 5.15. The summed E-state index contributed by atoms with van der Waals surface area (Å²) in [6.07, 6.45) is -0.534. The van der Waals surface area contributed by atoms with Crippen molar-refractivity contribution in [2.24, 2.45) is 0 Å². The van der Waals surface area contributed by atoms with Gasteiger partial charge in [-0.2, -0.15) is 13.2 Å². The molecule has 0 spiro atoms. The maximum atomic E-state index is 14.6. The van der Waals surface area contributed by atoms with Gasteiger partial charge in [0.2, 0.25) is 5.91 Å². The minimum absolute atomic E-state index is 0.123. The Bertz CT molecular complexity index is 1210. The predicted molar refractivity (Wildman–Crippen MR) is 113 cm³/mol. The average molecular weight is 485 g/mol. The molecule has 0 radical (unpaired) electrons. The number of halogens is 4. The molecule has 1 saturated heterocycles. The summed E-state index contributed by atoms with van der Waals surface area (Å²) >= 11 is 0. The van der Waals surface area contributed by atoms with Gasteiger partial charge in [-0.3, -0.25) is 4.79 Å². The molecular formula is C19H19F4N7O2S. The van der Waals surface area contributed by atoms with E-state index >= 15 is 0 Å². The molecule has 0 aromatic carbocycles. The Morgan fingerprint density at radius 1 is 1.33 bits per heavy atom. The van der Waals surface area contributed by atoms with Gasteiger partial charge >= 0.3 is 6.18 Å². The Hall–Kier alpha value is -3.13. The van der Waals surface area contributed by atoms with Gasteiger partial charge in [0.1, 0.15) is 17.7 Å². The first-order chi connectivity index (χ1) is 15.6. The van der Waals surface area contributed by atoms with Crippen LogP contribution in [0.1, 0.15) is 6.92 Å². The number of nitrogens with one attached hydrogen (secondary N) is 3. The fourth-order valence-corrected chi connectivity index (χ4v) is 4.56. The van der Waals surface area contributed by atoms with Crippen LogP contribution in [0.2, 0.25) is 0 Å². The van der Waals surface area contributed by atoms with Gasteiger partial charge in [-0.05, 0) is 12.1 Å². The molecule has 0 saturated carbocycles. The molecule has 0 aliphatic carbocycles. The van der Waals surface area contributed by atoms with Crippen LogP contribution >= 0.6 is 0 Å². The highest BCUT2D eigenvalue weighted by molar-refractivity contribution is 7.82. The number of anilines is 1. The zero-order chi connectivity index (χ0) is 23.8. The lowest BCUT2D eigenvalue weighted by Gasteiger charge is -2.48. The van der Waals surface area contributed by atoms with Crippen molar-refractivity contribution in [1.29, 1.82) is 0 Å². The van der Waals surface area contributed by atoms with E-state index in [1.165, 1.54) is 4.31 Å². The normalized spacial score (nSPS) is 16.9. The molecule has 3 aromatic heterocycles. The van der Waals surface area contributed by atoms with Crippen molar-refractivity contribution < 1.29 is 26.6 Å². The van der Waals surface area contributed by atoms with Gasteiger partial charge in [0, 0.05) is 42.2 Å². The van der Waals surface area contributed by atoms with Crippen molar-refractivity contribution in [1.82, 2.24) is 29.6 Å². The summed E-state index contributed by atoms with van der Waals surface area (Å²) in [6, 6.07) is 3.48. The van der Waals surface area contributed by atoms with Gasteiger partial charge in [0.05, 0.1) is 17.2 Å². The Labute approximate surface area is 187 Å². The quantitative estimate of drug-likeness (QED) is 0.441. The molecule has 1 aliphatic heterocycles. The first-order valence-electron chi connectivity index (χ1n) is 9.83. The molecule has 1 unspecified atom stereocenters. The molecule has 4 rings (SSSR count). The van der Waals surface area contributed by atoms with Gasteiger partial charge in [-0.15, -0.1) is 0 Å². The number of alkyl halides is 3. The largest absolute Gasteiger partial charge is 0.405 e. The minimum atomic E-state index is -4.62. The van der Waals surface area contributed by atoms with Crippen LogP contribution in [-0.2, 0) is 15.8 Å². The number of aromatic amines is 1. The maximum Gasteiger partial charge on any atom is 0.405 e. The van der Waals surface area contributed by atoms with E-state index in [-0.39, 0.29) is 30.5 Å². The van der Waals surface area contributed by atoms with E-state index in [0.717, 1.165) is 6.20 Å². The third-order valence-corrected chi connectivity index (χ3v) is 6.43. The number of hydrogen-bond acceptors (Lipinski definition) is 6. The standard InChI is InChI=1S/C19H19F4N7O2S/c1-2-33(32)30-9-18(10-30,17(31)27-8-19(21,22)23)29-16-13(20)7-26-15(28-16)12-6-25-14-11(12)4-3-5-24-14/h3-7H,2,8-10H2,1H3,(H,24,25)(H,27,31)(H,26,28,29). The predicted octanol–water partition coefficient (Wildman–Crippen LogP) is 1.99. The number of fused-ring (bicyclic) bond motifs is 1. The van der Waals surface area contributed by atoms with Gasteiger partial charge in [-0.25, -0.2) is 27.9 Å². The molecular weight excluding hydrogens is 466 g/mol. The molecule has 1 fully saturated rings. The van der Waals surface area contributed by atoms with Crippen molar-refractivity contribution >= 4 is 33.7 Å². The van der Waals surface area contributed by atoms with E-state index in [0.29, 0.717) is 16.6 Å². The zero-order valence-corrected chi connectivity index (χ0v) is 18.1. The highest BCUT2D eigenvalue weighted by Gasteiger charge is 2.52. The molecule has 4 heterocycles. The van der Waals surface area contributed by atoms with Gasteiger partial charge in [0.25, 0.3) is 0 Å². The van der Waals surface area contributed by atoms with E-state index in [4.69, 9.17) is 0 Å². The molecule has 1 atom stereocenters. The number of carbonyl (C=O) groups excluding carboxylic acids is 1. The first-order valence-corrected chi connectivity index (χ1v) is 11.1. The lowest BCUT2D eigenvalue weighted by atomic mass is 9.91. The Morgan fingerprint density at radius 2 is 2.09 bits per heavy atom. The second-order valence-corrected chi connectivity index (χ2v) is 9.14. The summed E-state index contributed by atoms with van der Waals surface area (Å²) in [6.45, 7) is -0.258. The van der Waals surface area contributed by atoms with Gasteiger partial charge in [0.15, 0.2) is 17.5 Å². The second kappa shape index (κ2) is 8.67. The van der Waals surface area contributed by atoms with Crippen molar-refractivity contribution in [2.45, 2.75) is 18.6 Å². The Morgan fingerprint density at radius 3 is 2.79 bits per heavy atom. The third-order valence-electron chi connectivity index (χ3n) is 5.11. The van der Waals surface area contributed by atoms with E-state index in [2.05, 4.69) is 25.3 Å². The lowest BCUT2D eigenvalue weighted by molar-refractivity contribution is -0.143. The lowest BCUT2D eigenvalue weighted by Crippen LogP contribution is -2.73. The summed E-state index contributed by atoms with van der Waals surface area (Å²) in [5.74, 6) is -1.87. The van der Waals surface area contributed by atoms with Crippen LogP contribution in [0.4, 0.5) is 23.4 Å². The number of amides is 1. The summed E-state index contributed by atoms with van der Waals surface area (Å²) in [7, 11) is -1.42. The SMILES string of the molecule is CCS(=O)N1CC(Nc2nc(-c3c[nH]c4ncccc34)ncc2F)(C(=O)NCC(F)(F)F)C1. The van der Waals surface area contributed by atoms with Crippen LogP contribution in [0, 0.1) is 5.82 Å². The van der Waals surface area contributed by atoms with Crippen molar-refractivity contribution in [3.05, 3.63) is 36.5 Å². The van der Waals surface area contributed by atoms with Crippen LogP contribution in [0.3, 0.4) is 0 Å². The number of rotatable bonds is 7. The highest BCUT2D eigenvalue weighted by Crippen LogP contribution is 2.31. The number of pyridine rings is 1. The summed E-state index contributed by atoms with van der Waals surface area (Å²) in [4.78, 5) is 28.0. The number of hydrogen-bond donors (Lipinski definition) is 3. The Kier molecular flexibility index (Phi) is 6.05. The Balaban J connectivity index is 1.64. The minimum Gasteiger partial charge on any atom is -0.351 e. The van der Waals surface area contributed by atoms with Gasteiger partial charge in [-0.1, -0.05) is 6.92 Å². The smallest absolute Gasteiger partial charge is 0.351 e. The topological polar surface area (TPSA) is 116 Å². The fraction of sp³-hybridized carbons (Fsp3) is 0.368. The maximum absolute atomic E-state index is 14.6. The van der Waals surface area contributed by atoms with E-state index in [9.17, 15) is 26.6 Å². The number of H-pyrrole nitrogens is 1. The van der Waals surface area contributed by atoms with E-state index in [1.54, 1.807) is 31.5 Å². The molecule has 0 bridgehead atoms. The van der Waals surface area contributed by atoms with Crippen LogP contribution in [0.5, 0.6) is 0 Å². The van der Waals surface area contributed by atoms with Gasteiger partial charge < -0.3 is 15.6 Å². The first kappa shape index (κ1) is 23.0. The number of aromatic nitrogens is 4. The van der Waals surface area contributed by atoms with Crippen LogP contribution < -0.4 is 10.6 Å². The van der Waals surface area contributed by atoms with E-state index in [1.807, 2.05) is 5.32 Å². The molecule has 14 heteroatoms. The van der Waals surface area contributed by atoms with Crippen molar-refractivity contribution in [3.63, 3.8) is 0 Å². The molecule has 33 heavy (non-hydrogen) atoms. The van der Waals surface area contributed by atoms with Crippen LogP contribution in [0.15, 0.2) is 30.7 Å². The van der Waals surface area contributed by atoms with Crippen molar-refractivity contribution in [2.75, 3.05) is 30.7 Å². The zero-order valence-electron chi connectivity index (χ0n) is 17.2. The molecule has 1 amide bonds. The summed E-state index contributed by atoms with van der Waals surface area (Å²) in [5.41, 5.74) is -0.557. The molecule has 3 N–H and O–H groups in total. The van der Waals surface area contributed by atoms with Crippen LogP contribution in [0.25, 0.3) is 22.4 Å².